The van der Waals surface area contributed by atoms with Crippen molar-refractivity contribution in [2.24, 2.45) is 4.99 Å². The summed E-state index contributed by atoms with van der Waals surface area (Å²) in [6.45, 7) is 8.92. The van der Waals surface area contributed by atoms with Gasteiger partial charge in [-0.1, -0.05) is 40.6 Å². The van der Waals surface area contributed by atoms with Gasteiger partial charge in [-0.05, 0) is 76.1 Å². The first-order valence-electron chi connectivity index (χ1n) is 13.8. The van der Waals surface area contributed by atoms with E-state index in [0.29, 0.717) is 37.7 Å². The number of allylic oxidation sites excluding steroid dienone is 1. The maximum absolute atomic E-state index is 14.0. The second-order valence-electron chi connectivity index (χ2n) is 9.79. The summed E-state index contributed by atoms with van der Waals surface area (Å²) in [6.07, 6.45) is 1.53. The number of hydrogen-bond acceptors (Lipinski definition) is 10. The molecule has 0 N–H and O–H groups in total. The maximum Gasteiger partial charge on any atom is 0.344 e. The Kier molecular flexibility index (Phi) is 10.8. The van der Waals surface area contributed by atoms with Crippen molar-refractivity contribution in [2.45, 2.75) is 46.8 Å². The lowest BCUT2D eigenvalue weighted by molar-refractivity contribution is -0.145. The van der Waals surface area contributed by atoms with E-state index >= 15 is 0 Å². The van der Waals surface area contributed by atoms with Crippen molar-refractivity contribution in [2.75, 3.05) is 26.9 Å². The topological polar surface area (TPSA) is 115 Å². The molecule has 2 aromatic carbocycles. The fourth-order valence-corrected chi connectivity index (χ4v) is 6.26. The van der Waals surface area contributed by atoms with Gasteiger partial charge in [-0.15, -0.1) is 0 Å². The summed E-state index contributed by atoms with van der Waals surface area (Å²) >= 11 is 14.0. The third-order valence-electron chi connectivity index (χ3n) is 6.34. The van der Waals surface area contributed by atoms with Gasteiger partial charge >= 0.3 is 11.9 Å². The highest BCUT2D eigenvalue weighted by atomic mass is 35.5. The number of benzene rings is 2. The van der Waals surface area contributed by atoms with E-state index in [4.69, 9.17) is 46.9 Å². The lowest BCUT2D eigenvalue weighted by atomic mass is 9.95. The van der Waals surface area contributed by atoms with Gasteiger partial charge in [0.05, 0.1) is 58.3 Å². The summed E-state index contributed by atoms with van der Waals surface area (Å²) in [6, 6.07) is 7.56. The average molecular weight is 664 g/mol. The smallest absolute Gasteiger partial charge is 0.344 e. The van der Waals surface area contributed by atoms with Crippen LogP contribution in [0.1, 0.15) is 51.8 Å². The Labute approximate surface area is 268 Å². The predicted octanol–water partition coefficient (Wildman–Crippen LogP) is 4.84. The third kappa shape index (κ3) is 7.11. The van der Waals surface area contributed by atoms with E-state index in [1.165, 1.54) is 11.7 Å². The molecule has 44 heavy (non-hydrogen) atoms. The molecule has 0 aliphatic carbocycles. The quantitative estimate of drug-likeness (QED) is 0.268. The number of carbonyl (C=O) groups is 2. The predicted molar refractivity (Wildman–Crippen MR) is 168 cm³/mol. The summed E-state index contributed by atoms with van der Waals surface area (Å²) in [7, 11) is 1.52. The van der Waals surface area contributed by atoms with Crippen LogP contribution in [0.4, 0.5) is 0 Å². The largest absolute Gasteiger partial charge is 0.493 e. The summed E-state index contributed by atoms with van der Waals surface area (Å²) in [5.41, 5.74) is 1.40. The van der Waals surface area contributed by atoms with Crippen LogP contribution in [0.25, 0.3) is 6.08 Å². The van der Waals surface area contributed by atoms with Crippen molar-refractivity contribution < 1.29 is 33.3 Å². The molecule has 1 aliphatic rings. The van der Waals surface area contributed by atoms with Crippen LogP contribution in [0, 0.1) is 0 Å². The second kappa shape index (κ2) is 14.3. The summed E-state index contributed by atoms with van der Waals surface area (Å²) < 4.78 is 29.0. The molecule has 0 saturated heterocycles. The fraction of sp³-hybridized carbons (Fsp3) is 0.355. The highest BCUT2D eigenvalue weighted by Gasteiger charge is 2.34. The molecule has 3 aromatic rings. The number of hydrogen-bond donors (Lipinski definition) is 0. The molecule has 0 fully saturated rings. The van der Waals surface area contributed by atoms with E-state index in [1.54, 1.807) is 57.2 Å². The maximum atomic E-state index is 14.0. The zero-order chi connectivity index (χ0) is 32.1. The molecule has 2 heterocycles. The van der Waals surface area contributed by atoms with Crippen molar-refractivity contribution in [3.8, 4) is 17.2 Å². The van der Waals surface area contributed by atoms with Gasteiger partial charge < -0.3 is 23.7 Å². The van der Waals surface area contributed by atoms with Crippen LogP contribution in [0.3, 0.4) is 0 Å². The molecule has 234 valence electrons. The molecule has 0 amide bonds. The Morgan fingerprint density at radius 1 is 1.07 bits per heavy atom. The van der Waals surface area contributed by atoms with Gasteiger partial charge in [-0.2, -0.15) is 0 Å². The molecule has 1 aliphatic heterocycles. The van der Waals surface area contributed by atoms with Crippen molar-refractivity contribution in [3.63, 3.8) is 0 Å². The Bertz CT molecular complexity index is 1770. The van der Waals surface area contributed by atoms with Crippen LogP contribution in [-0.2, 0) is 19.1 Å². The van der Waals surface area contributed by atoms with Crippen LogP contribution in [0.2, 0.25) is 10.0 Å². The van der Waals surface area contributed by atoms with E-state index in [-0.39, 0.29) is 52.9 Å². The zero-order valence-corrected chi connectivity index (χ0v) is 27.4. The Morgan fingerprint density at radius 3 is 2.36 bits per heavy atom. The standard InChI is InChI=1S/C31H32Cl2N2O8S/c1-7-40-25(36)15-42-28-20(32)11-18(12-21(28)33)13-24-29(37)35-27(19-9-10-22(43-16(3)4)23(14-19)39-6)26(30(38)41-8-2)17(5)34-31(35)44-24/h9-14,16,27H,7-8,15H2,1-6H3/b24-13-/t27-/m1/s1. The zero-order valence-electron chi connectivity index (χ0n) is 25.1. The number of halogens is 2. The summed E-state index contributed by atoms with van der Waals surface area (Å²) in [4.78, 5) is 43.9. The van der Waals surface area contributed by atoms with Gasteiger partial charge in [0.1, 0.15) is 0 Å². The molecule has 4 rings (SSSR count). The molecule has 13 heteroatoms. The van der Waals surface area contributed by atoms with Crippen LogP contribution in [-0.4, -0.2) is 49.5 Å². The van der Waals surface area contributed by atoms with Gasteiger partial charge in [0.15, 0.2) is 28.7 Å². The fourth-order valence-electron chi connectivity index (χ4n) is 4.60. The molecule has 0 unspecified atom stereocenters. The Morgan fingerprint density at radius 2 is 1.75 bits per heavy atom. The molecule has 1 atom stereocenters. The first-order valence-corrected chi connectivity index (χ1v) is 15.4. The number of fused-ring (bicyclic) bond motifs is 1. The average Bonchev–Trinajstić information content (AvgIpc) is 3.25. The van der Waals surface area contributed by atoms with E-state index < -0.39 is 18.0 Å². The van der Waals surface area contributed by atoms with Gasteiger partial charge in [-0.3, -0.25) is 9.36 Å². The van der Waals surface area contributed by atoms with Crippen molar-refractivity contribution in [3.05, 3.63) is 82.5 Å². The van der Waals surface area contributed by atoms with Crippen LogP contribution in [0.15, 0.2) is 51.4 Å². The Balaban J connectivity index is 1.83. The minimum atomic E-state index is -0.847. The first kappa shape index (κ1) is 33.1. The summed E-state index contributed by atoms with van der Waals surface area (Å²) in [5, 5.41) is 0.296. The van der Waals surface area contributed by atoms with E-state index in [1.807, 2.05) is 13.8 Å². The van der Waals surface area contributed by atoms with E-state index in [0.717, 1.165) is 11.3 Å². The highest BCUT2D eigenvalue weighted by Crippen LogP contribution is 2.37. The molecule has 0 saturated carbocycles. The number of aromatic nitrogens is 1. The van der Waals surface area contributed by atoms with Crippen LogP contribution >= 0.6 is 34.5 Å². The number of rotatable bonds is 11. The normalized spacial score (nSPS) is 14.7. The lowest BCUT2D eigenvalue weighted by Gasteiger charge is -2.25. The monoisotopic (exact) mass is 662 g/mol. The first-order chi connectivity index (χ1) is 21.0. The molecular formula is C31H32Cl2N2O8S. The van der Waals surface area contributed by atoms with Crippen molar-refractivity contribution >= 4 is 52.6 Å². The van der Waals surface area contributed by atoms with Crippen molar-refractivity contribution in [1.29, 1.82) is 0 Å². The molecule has 10 nitrogen and oxygen atoms in total. The third-order valence-corrected chi connectivity index (χ3v) is 7.89. The second-order valence-corrected chi connectivity index (χ2v) is 11.6. The van der Waals surface area contributed by atoms with Crippen LogP contribution in [0.5, 0.6) is 17.2 Å². The molecule has 1 aromatic heterocycles. The van der Waals surface area contributed by atoms with E-state index in [9.17, 15) is 14.4 Å². The number of methoxy groups -OCH3 is 1. The van der Waals surface area contributed by atoms with E-state index in [2.05, 4.69) is 4.99 Å². The molecular weight excluding hydrogens is 631 g/mol. The minimum Gasteiger partial charge on any atom is -0.493 e. The number of esters is 2. The lowest BCUT2D eigenvalue weighted by Crippen LogP contribution is -2.40. The number of carbonyl (C=O) groups excluding carboxylic acids is 2. The summed E-state index contributed by atoms with van der Waals surface area (Å²) in [5.74, 6) is -0.0391. The number of ether oxygens (including phenoxy) is 5. The number of thiazole rings is 1. The molecule has 0 spiro atoms. The Hall–Kier alpha value is -3.80. The molecule has 0 bridgehead atoms. The van der Waals surface area contributed by atoms with Crippen molar-refractivity contribution in [1.82, 2.24) is 4.57 Å². The van der Waals surface area contributed by atoms with Gasteiger partial charge in [0.2, 0.25) is 0 Å². The minimum absolute atomic E-state index is 0.0927. The van der Waals surface area contributed by atoms with Gasteiger partial charge in [0, 0.05) is 0 Å². The highest BCUT2D eigenvalue weighted by molar-refractivity contribution is 7.07. The van der Waals surface area contributed by atoms with Gasteiger partial charge in [0.25, 0.3) is 5.56 Å². The van der Waals surface area contributed by atoms with Gasteiger partial charge in [-0.25, -0.2) is 14.6 Å². The molecule has 0 radical (unpaired) electrons. The number of nitrogens with zero attached hydrogens (tertiary/aromatic N) is 2. The SMILES string of the molecule is CCOC(=O)COc1c(Cl)cc(/C=c2\sc3n(c2=O)[C@H](c2ccc(OC(C)C)c(OC)c2)C(C(=O)OCC)=C(C)N=3)cc1Cl. The van der Waals surface area contributed by atoms with Crippen LogP contribution < -0.4 is 29.1 Å².